The average molecular weight is 334 g/mol. The first-order chi connectivity index (χ1) is 11.4. The Labute approximate surface area is 135 Å². The molecule has 0 radical (unpaired) electrons. The highest BCUT2D eigenvalue weighted by atomic mass is 19.4. The zero-order valence-electron chi connectivity index (χ0n) is 12.5. The van der Waals surface area contributed by atoms with Crippen molar-refractivity contribution in [2.75, 3.05) is 11.4 Å². The SMILES string of the molecule is O=Nc1cc(N2CCC(c3ccccc3)C2=O)cc(C(F)(F)F)c1. The molecule has 1 atom stereocenters. The summed E-state index contributed by atoms with van der Waals surface area (Å²) in [6.07, 6.45) is -4.11. The van der Waals surface area contributed by atoms with E-state index in [1.165, 1.54) is 11.0 Å². The van der Waals surface area contributed by atoms with E-state index < -0.39 is 17.7 Å². The molecule has 1 fully saturated rings. The summed E-state index contributed by atoms with van der Waals surface area (Å²) in [5, 5.41) is 2.59. The number of carbonyl (C=O) groups excluding carboxylic acids is 1. The van der Waals surface area contributed by atoms with Crippen LogP contribution in [-0.2, 0) is 11.0 Å². The monoisotopic (exact) mass is 334 g/mol. The van der Waals surface area contributed by atoms with Crippen LogP contribution in [0.25, 0.3) is 0 Å². The first kappa shape index (κ1) is 16.2. The van der Waals surface area contributed by atoms with Crippen LogP contribution in [0.5, 0.6) is 0 Å². The fourth-order valence-electron chi connectivity index (χ4n) is 2.90. The van der Waals surface area contributed by atoms with E-state index in [1.807, 2.05) is 30.3 Å². The Morgan fingerprint density at radius 2 is 1.79 bits per heavy atom. The van der Waals surface area contributed by atoms with Crippen molar-refractivity contribution < 1.29 is 18.0 Å². The molecule has 24 heavy (non-hydrogen) atoms. The van der Waals surface area contributed by atoms with Gasteiger partial charge in [0, 0.05) is 12.2 Å². The summed E-state index contributed by atoms with van der Waals surface area (Å²) in [5.74, 6) is -0.675. The molecule has 2 aromatic rings. The summed E-state index contributed by atoms with van der Waals surface area (Å²) >= 11 is 0. The summed E-state index contributed by atoms with van der Waals surface area (Å²) in [6.45, 7) is 0.290. The van der Waals surface area contributed by atoms with E-state index in [0.717, 1.165) is 11.6 Å². The Morgan fingerprint density at radius 1 is 1.08 bits per heavy atom. The molecule has 7 heteroatoms. The van der Waals surface area contributed by atoms with Crippen LogP contribution >= 0.6 is 0 Å². The highest BCUT2D eigenvalue weighted by Crippen LogP contribution is 2.38. The minimum Gasteiger partial charge on any atom is -0.312 e. The maximum Gasteiger partial charge on any atom is 0.416 e. The van der Waals surface area contributed by atoms with Crippen LogP contribution in [0.3, 0.4) is 0 Å². The number of nitrogens with zero attached hydrogens (tertiary/aromatic N) is 2. The minimum atomic E-state index is -4.61. The highest BCUT2D eigenvalue weighted by Gasteiger charge is 2.36. The zero-order valence-corrected chi connectivity index (χ0v) is 12.5. The molecule has 0 saturated carbocycles. The van der Waals surface area contributed by atoms with Crippen LogP contribution < -0.4 is 4.90 Å². The molecule has 0 aliphatic carbocycles. The van der Waals surface area contributed by atoms with Crippen molar-refractivity contribution in [2.24, 2.45) is 5.18 Å². The Hall–Kier alpha value is -2.70. The quantitative estimate of drug-likeness (QED) is 0.769. The highest BCUT2D eigenvalue weighted by molar-refractivity contribution is 6.00. The van der Waals surface area contributed by atoms with Crippen molar-refractivity contribution in [3.63, 3.8) is 0 Å². The lowest BCUT2D eigenvalue weighted by Gasteiger charge is -2.19. The number of halogens is 3. The number of rotatable bonds is 3. The number of carbonyl (C=O) groups is 1. The third kappa shape index (κ3) is 3.02. The van der Waals surface area contributed by atoms with Gasteiger partial charge in [-0.25, -0.2) is 0 Å². The van der Waals surface area contributed by atoms with Crippen molar-refractivity contribution in [3.05, 3.63) is 64.6 Å². The maximum absolute atomic E-state index is 13.0. The van der Waals surface area contributed by atoms with E-state index >= 15 is 0 Å². The lowest BCUT2D eigenvalue weighted by molar-refractivity contribution is -0.137. The van der Waals surface area contributed by atoms with Crippen LogP contribution in [0.1, 0.15) is 23.5 Å². The Balaban J connectivity index is 1.95. The first-order valence-corrected chi connectivity index (χ1v) is 7.32. The molecule has 1 aliphatic heterocycles. The summed E-state index contributed by atoms with van der Waals surface area (Å²) in [5.41, 5.74) is -0.477. The lowest BCUT2D eigenvalue weighted by Crippen LogP contribution is -2.26. The van der Waals surface area contributed by atoms with Crippen molar-refractivity contribution in [3.8, 4) is 0 Å². The third-order valence-corrected chi connectivity index (χ3v) is 4.05. The molecule has 124 valence electrons. The summed E-state index contributed by atoms with van der Waals surface area (Å²) < 4.78 is 38.9. The molecular weight excluding hydrogens is 321 g/mol. The number of alkyl halides is 3. The number of anilines is 1. The van der Waals surface area contributed by atoms with Gasteiger partial charge in [-0.3, -0.25) is 4.79 Å². The zero-order chi connectivity index (χ0) is 17.3. The average Bonchev–Trinajstić information content (AvgIpc) is 2.96. The largest absolute Gasteiger partial charge is 0.416 e. The molecule has 0 N–H and O–H groups in total. The standard InChI is InChI=1S/C17H13F3N2O2/c18-17(19,20)12-8-13(21-24)10-14(9-12)22-7-6-15(16(22)23)11-4-2-1-3-5-11/h1-5,8-10,15H,6-7H2. The first-order valence-electron chi connectivity index (χ1n) is 7.32. The second-order valence-electron chi connectivity index (χ2n) is 5.57. The molecule has 0 aromatic heterocycles. The molecule has 3 rings (SSSR count). The topological polar surface area (TPSA) is 49.7 Å². The molecule has 1 heterocycles. The van der Waals surface area contributed by atoms with E-state index in [1.54, 1.807) is 0 Å². The van der Waals surface area contributed by atoms with Crippen LogP contribution in [-0.4, -0.2) is 12.5 Å². The Bertz CT molecular complexity index is 775. The van der Waals surface area contributed by atoms with Gasteiger partial charge in [0.05, 0.1) is 11.5 Å². The number of nitroso groups, excluding NO2 is 1. The Morgan fingerprint density at radius 3 is 2.42 bits per heavy atom. The predicted octanol–water partition coefficient (Wildman–Crippen LogP) is 4.62. The van der Waals surface area contributed by atoms with Crippen LogP contribution in [0.15, 0.2) is 53.7 Å². The smallest absolute Gasteiger partial charge is 0.312 e. The second-order valence-corrected chi connectivity index (χ2v) is 5.57. The molecule has 2 aromatic carbocycles. The van der Waals surface area contributed by atoms with Gasteiger partial charge in [-0.05, 0) is 35.4 Å². The van der Waals surface area contributed by atoms with Gasteiger partial charge in [0.2, 0.25) is 5.91 Å². The fourth-order valence-corrected chi connectivity index (χ4v) is 2.90. The van der Waals surface area contributed by atoms with Crippen LogP contribution in [0.4, 0.5) is 24.5 Å². The van der Waals surface area contributed by atoms with Gasteiger partial charge < -0.3 is 4.90 Å². The Kier molecular flexibility index (Phi) is 4.09. The van der Waals surface area contributed by atoms with Gasteiger partial charge in [-0.15, -0.1) is 4.91 Å². The molecule has 0 spiro atoms. The van der Waals surface area contributed by atoms with Gasteiger partial charge in [0.15, 0.2) is 0 Å². The number of hydrogen-bond acceptors (Lipinski definition) is 3. The molecule has 1 saturated heterocycles. The molecule has 1 amide bonds. The normalized spacial score (nSPS) is 18.0. The van der Waals surface area contributed by atoms with Gasteiger partial charge in [-0.1, -0.05) is 30.3 Å². The minimum absolute atomic E-state index is 0.0443. The number of benzene rings is 2. The van der Waals surface area contributed by atoms with Crippen LogP contribution in [0, 0.1) is 4.91 Å². The van der Waals surface area contributed by atoms with Crippen molar-refractivity contribution in [1.29, 1.82) is 0 Å². The van der Waals surface area contributed by atoms with E-state index in [2.05, 4.69) is 5.18 Å². The molecule has 4 nitrogen and oxygen atoms in total. The molecule has 1 aliphatic rings. The number of amides is 1. The van der Waals surface area contributed by atoms with E-state index in [-0.39, 0.29) is 23.8 Å². The van der Waals surface area contributed by atoms with Gasteiger partial charge in [-0.2, -0.15) is 13.2 Å². The summed E-state index contributed by atoms with van der Waals surface area (Å²) in [4.78, 5) is 24.6. The maximum atomic E-state index is 13.0. The summed E-state index contributed by atoms with van der Waals surface area (Å²) in [6, 6.07) is 11.8. The molecule has 1 unspecified atom stereocenters. The van der Waals surface area contributed by atoms with Crippen molar-refractivity contribution >= 4 is 17.3 Å². The van der Waals surface area contributed by atoms with Gasteiger partial charge in [0.25, 0.3) is 0 Å². The molecular formula is C17H13F3N2O2. The van der Waals surface area contributed by atoms with E-state index in [9.17, 15) is 22.9 Å². The van der Waals surface area contributed by atoms with E-state index in [4.69, 9.17) is 0 Å². The van der Waals surface area contributed by atoms with Gasteiger partial charge >= 0.3 is 6.18 Å². The fraction of sp³-hybridized carbons (Fsp3) is 0.235. The van der Waals surface area contributed by atoms with E-state index in [0.29, 0.717) is 12.5 Å². The summed E-state index contributed by atoms with van der Waals surface area (Å²) in [7, 11) is 0. The predicted molar refractivity (Wildman–Crippen MR) is 83.1 cm³/mol. The van der Waals surface area contributed by atoms with Crippen molar-refractivity contribution in [2.45, 2.75) is 18.5 Å². The second kappa shape index (κ2) is 6.07. The lowest BCUT2D eigenvalue weighted by atomic mass is 9.98. The van der Waals surface area contributed by atoms with Crippen molar-refractivity contribution in [1.82, 2.24) is 0 Å². The van der Waals surface area contributed by atoms with Gasteiger partial charge in [0.1, 0.15) is 5.69 Å². The molecule has 0 bridgehead atoms. The number of hydrogen-bond donors (Lipinski definition) is 0. The van der Waals surface area contributed by atoms with Crippen LogP contribution in [0.2, 0.25) is 0 Å². The third-order valence-electron chi connectivity index (χ3n) is 4.05.